The number of rotatable bonds is 1. The molecule has 15 heavy (non-hydrogen) atoms. The van der Waals surface area contributed by atoms with Gasteiger partial charge in [0.25, 0.3) is 0 Å². The summed E-state index contributed by atoms with van der Waals surface area (Å²) < 4.78 is 0. The summed E-state index contributed by atoms with van der Waals surface area (Å²) in [6.45, 7) is 6.00. The minimum absolute atomic E-state index is 0.180. The van der Waals surface area contributed by atoms with Gasteiger partial charge in [-0.2, -0.15) is 0 Å². The third-order valence-electron chi connectivity index (χ3n) is 3.76. The Hall–Kier alpha value is -0.970. The molecule has 0 aliphatic carbocycles. The molecule has 2 fully saturated rings. The summed E-state index contributed by atoms with van der Waals surface area (Å²) in [5.41, 5.74) is -0.227. The van der Waals surface area contributed by atoms with Crippen LogP contribution in [0.3, 0.4) is 0 Å². The van der Waals surface area contributed by atoms with Gasteiger partial charge in [0.15, 0.2) is 0 Å². The minimum Gasteiger partial charge on any atom is -0.326 e. The zero-order chi connectivity index (χ0) is 11.2. The lowest BCUT2D eigenvalue weighted by Gasteiger charge is -2.26. The summed E-state index contributed by atoms with van der Waals surface area (Å²) >= 11 is 0. The number of fused-ring (bicyclic) bond motifs is 2. The third kappa shape index (κ3) is 1.55. The Labute approximate surface area is 92.0 Å². The molecular formula is C13H19NO. The van der Waals surface area contributed by atoms with Crippen molar-refractivity contribution < 1.29 is 4.79 Å². The van der Waals surface area contributed by atoms with Crippen molar-refractivity contribution in [2.75, 3.05) is 0 Å². The fourth-order valence-electron chi connectivity index (χ4n) is 3.03. The van der Waals surface area contributed by atoms with Crippen molar-refractivity contribution >= 4 is 5.78 Å². The highest BCUT2D eigenvalue weighted by atomic mass is 16.1. The number of hydrogen-bond donors (Lipinski definition) is 0. The SMILES string of the molecule is C#CN1C2CCC1C(C(=O)C(C)(C)C)C2. The van der Waals surface area contributed by atoms with Crippen molar-refractivity contribution in [1.29, 1.82) is 0 Å². The summed E-state index contributed by atoms with van der Waals surface area (Å²) in [4.78, 5) is 14.3. The van der Waals surface area contributed by atoms with Crippen LogP contribution in [-0.2, 0) is 4.79 Å². The molecule has 3 unspecified atom stereocenters. The molecule has 0 aromatic heterocycles. The Kier molecular flexibility index (Phi) is 2.30. The molecule has 2 aliphatic heterocycles. The Balaban J connectivity index is 2.16. The molecular weight excluding hydrogens is 186 g/mol. The van der Waals surface area contributed by atoms with Crippen molar-refractivity contribution in [3.05, 3.63) is 0 Å². The number of carbonyl (C=O) groups excluding carboxylic acids is 1. The lowest BCUT2D eigenvalue weighted by molar-refractivity contribution is -0.131. The molecule has 0 N–H and O–H groups in total. The second-order valence-corrected chi connectivity index (χ2v) is 5.79. The molecule has 0 radical (unpaired) electrons. The summed E-state index contributed by atoms with van der Waals surface area (Å²) in [6.07, 6.45) is 8.74. The van der Waals surface area contributed by atoms with Crippen LogP contribution in [0.15, 0.2) is 0 Å². The van der Waals surface area contributed by atoms with E-state index < -0.39 is 0 Å². The van der Waals surface area contributed by atoms with E-state index in [1.807, 2.05) is 20.8 Å². The molecule has 2 nitrogen and oxygen atoms in total. The minimum atomic E-state index is -0.227. The van der Waals surface area contributed by atoms with E-state index >= 15 is 0 Å². The Bertz CT molecular complexity index is 320. The van der Waals surface area contributed by atoms with E-state index in [2.05, 4.69) is 10.9 Å². The Morgan fingerprint density at radius 1 is 1.40 bits per heavy atom. The van der Waals surface area contributed by atoms with E-state index in [-0.39, 0.29) is 11.3 Å². The fraction of sp³-hybridized carbons (Fsp3) is 0.769. The first kappa shape index (κ1) is 10.5. The molecule has 0 saturated carbocycles. The maximum Gasteiger partial charge on any atom is 0.143 e. The molecule has 82 valence electrons. The predicted molar refractivity (Wildman–Crippen MR) is 60.1 cm³/mol. The topological polar surface area (TPSA) is 20.3 Å². The maximum absolute atomic E-state index is 12.2. The molecule has 2 heteroatoms. The molecule has 0 amide bonds. The molecule has 2 saturated heterocycles. The summed E-state index contributed by atoms with van der Waals surface area (Å²) in [5.74, 6) is 0.565. The van der Waals surface area contributed by atoms with Crippen LogP contribution in [-0.4, -0.2) is 22.8 Å². The average Bonchev–Trinajstić information content (AvgIpc) is 2.70. The Morgan fingerprint density at radius 3 is 2.53 bits per heavy atom. The molecule has 2 bridgehead atoms. The number of Topliss-reactive ketones (excluding diaryl/α,β-unsaturated/α-hetero) is 1. The number of nitrogens with zero attached hydrogens (tertiary/aromatic N) is 1. The zero-order valence-electron chi connectivity index (χ0n) is 9.79. The van der Waals surface area contributed by atoms with E-state index in [9.17, 15) is 4.79 Å². The summed E-state index contributed by atoms with van der Waals surface area (Å²) in [5, 5.41) is 0. The van der Waals surface area contributed by atoms with Crippen LogP contribution in [0, 0.1) is 23.8 Å². The molecule has 0 aromatic rings. The van der Waals surface area contributed by atoms with Gasteiger partial charge in [-0.25, -0.2) is 0 Å². The molecule has 2 heterocycles. The average molecular weight is 205 g/mol. The summed E-state index contributed by atoms with van der Waals surface area (Å²) in [6, 6.07) is 3.54. The van der Waals surface area contributed by atoms with Crippen molar-refractivity contribution in [2.45, 2.75) is 52.1 Å². The van der Waals surface area contributed by atoms with Gasteiger partial charge in [0.1, 0.15) is 5.78 Å². The second-order valence-electron chi connectivity index (χ2n) is 5.79. The summed E-state index contributed by atoms with van der Waals surface area (Å²) in [7, 11) is 0. The van der Waals surface area contributed by atoms with Crippen LogP contribution in [0.1, 0.15) is 40.0 Å². The highest BCUT2D eigenvalue weighted by Crippen LogP contribution is 2.43. The van der Waals surface area contributed by atoms with E-state index in [1.165, 1.54) is 6.42 Å². The smallest absolute Gasteiger partial charge is 0.143 e. The van der Waals surface area contributed by atoms with Crippen LogP contribution in [0.2, 0.25) is 0 Å². The standard InChI is InChI=1S/C13H19NO/c1-5-14-9-6-7-11(14)10(8-9)12(15)13(2,3)4/h1,9-11H,6-8H2,2-4H3. The Morgan fingerprint density at radius 2 is 2.07 bits per heavy atom. The molecule has 2 aliphatic rings. The van der Waals surface area contributed by atoms with Gasteiger partial charge >= 0.3 is 0 Å². The van der Waals surface area contributed by atoms with Gasteiger partial charge in [-0.05, 0) is 19.3 Å². The van der Waals surface area contributed by atoms with Gasteiger partial charge in [0.05, 0.1) is 0 Å². The first-order valence-electron chi connectivity index (χ1n) is 5.74. The molecule has 0 spiro atoms. The van der Waals surface area contributed by atoms with Crippen LogP contribution < -0.4 is 0 Å². The van der Waals surface area contributed by atoms with E-state index in [4.69, 9.17) is 6.42 Å². The van der Waals surface area contributed by atoms with Gasteiger partial charge in [0.2, 0.25) is 0 Å². The number of terminal acetylenes is 1. The highest BCUT2D eigenvalue weighted by molar-refractivity contribution is 5.87. The van der Waals surface area contributed by atoms with Gasteiger partial charge in [-0.15, -0.1) is 0 Å². The fourth-order valence-corrected chi connectivity index (χ4v) is 3.03. The largest absolute Gasteiger partial charge is 0.326 e. The van der Waals surface area contributed by atoms with Crippen LogP contribution in [0.4, 0.5) is 0 Å². The predicted octanol–water partition coefficient (Wildman–Crippen LogP) is 2.05. The van der Waals surface area contributed by atoms with E-state index in [0.29, 0.717) is 17.9 Å². The van der Waals surface area contributed by atoms with Gasteiger partial charge in [0, 0.05) is 29.5 Å². The van der Waals surface area contributed by atoms with Crippen LogP contribution in [0.25, 0.3) is 0 Å². The molecule has 0 aromatic carbocycles. The van der Waals surface area contributed by atoms with Crippen molar-refractivity contribution in [3.63, 3.8) is 0 Å². The maximum atomic E-state index is 12.2. The molecule has 3 atom stereocenters. The first-order chi connectivity index (χ1) is 6.95. The highest BCUT2D eigenvalue weighted by Gasteiger charge is 2.49. The number of ketones is 1. The van der Waals surface area contributed by atoms with Crippen molar-refractivity contribution in [2.24, 2.45) is 11.3 Å². The number of hydrogen-bond acceptors (Lipinski definition) is 2. The van der Waals surface area contributed by atoms with Gasteiger partial charge < -0.3 is 4.90 Å². The zero-order valence-corrected chi connectivity index (χ0v) is 9.79. The van der Waals surface area contributed by atoms with Crippen molar-refractivity contribution in [3.8, 4) is 12.5 Å². The molecule has 2 rings (SSSR count). The quantitative estimate of drug-likeness (QED) is 0.611. The lowest BCUT2D eigenvalue weighted by Crippen LogP contribution is -2.36. The lowest BCUT2D eigenvalue weighted by atomic mass is 9.76. The number of carbonyl (C=O) groups is 1. The van der Waals surface area contributed by atoms with E-state index in [0.717, 1.165) is 12.8 Å². The monoisotopic (exact) mass is 205 g/mol. The van der Waals surface area contributed by atoms with E-state index in [1.54, 1.807) is 0 Å². The van der Waals surface area contributed by atoms with Gasteiger partial charge in [-0.3, -0.25) is 4.79 Å². The third-order valence-corrected chi connectivity index (χ3v) is 3.76. The normalized spacial score (nSPS) is 34.3. The first-order valence-corrected chi connectivity index (χ1v) is 5.74. The van der Waals surface area contributed by atoms with Crippen molar-refractivity contribution in [1.82, 2.24) is 4.90 Å². The van der Waals surface area contributed by atoms with Gasteiger partial charge in [-0.1, -0.05) is 27.2 Å². The second kappa shape index (κ2) is 3.27. The van der Waals surface area contributed by atoms with Crippen LogP contribution >= 0.6 is 0 Å². The van der Waals surface area contributed by atoms with Crippen LogP contribution in [0.5, 0.6) is 0 Å².